The molecule has 19 nitrogen and oxygen atoms in total. The number of amides is 2. The minimum atomic E-state index is -1.05. The van der Waals surface area contributed by atoms with Gasteiger partial charge in [0, 0.05) is 13.7 Å². The maximum atomic E-state index is 13.2. The molecule has 1 aliphatic heterocycles. The number of carbonyl (C=O) groups excluding carboxylic acids is 2. The molecule has 7 heterocycles. The molecule has 0 aliphatic carbocycles. The van der Waals surface area contributed by atoms with E-state index < -0.39 is 24.5 Å². The van der Waals surface area contributed by atoms with Crippen LogP contribution >= 0.6 is 0 Å². The Labute approximate surface area is 256 Å². The smallest absolute Gasteiger partial charge is 0.360 e. The van der Waals surface area contributed by atoms with Crippen LogP contribution in [0.1, 0.15) is 38.8 Å². The Hall–Kier alpha value is -6.12. The van der Waals surface area contributed by atoms with Crippen molar-refractivity contribution in [2.75, 3.05) is 20.3 Å². The fraction of sp³-hybridized carbons (Fsp3) is 0.154. The summed E-state index contributed by atoms with van der Waals surface area (Å²) in [7, 11) is 1.78. The third-order valence-electron chi connectivity index (χ3n) is 6.35. The second-order valence-corrected chi connectivity index (χ2v) is 9.43. The highest BCUT2D eigenvalue weighted by Crippen LogP contribution is 2.28. The highest BCUT2D eigenvalue weighted by atomic mass is 16.4. The number of fused-ring (bicyclic) bond motifs is 16. The average molecular weight is 629 g/mol. The number of nitrogens with one attached hydrogen (secondary N) is 3. The van der Waals surface area contributed by atoms with Crippen molar-refractivity contribution in [1.29, 1.82) is 0 Å². The number of aliphatic hydroxyl groups excluding tert-OH is 1. The van der Waals surface area contributed by atoms with Gasteiger partial charge in [0.15, 0.2) is 34.2 Å². The molecule has 0 radical (unpaired) electrons. The summed E-state index contributed by atoms with van der Waals surface area (Å²) in [6.07, 6.45) is 8.90. The van der Waals surface area contributed by atoms with E-state index in [-0.39, 0.29) is 89.4 Å². The SMILES string of the molecule is COBNC/C=C1/NC(=O)c2coc(n2)-c2coc(n2)-c2coc(n2)C(CO)NC(=O)c2coc(n2)-c2coc(n2)-c2coc1n2. The Bertz CT molecular complexity index is 2050. The van der Waals surface area contributed by atoms with Crippen molar-refractivity contribution in [2.24, 2.45) is 0 Å². The number of carbonyl (C=O) groups is 2. The Balaban J connectivity index is 1.26. The summed E-state index contributed by atoms with van der Waals surface area (Å²) in [5, 5.41) is 18.2. The van der Waals surface area contributed by atoms with Gasteiger partial charge in [-0.05, 0) is 6.08 Å². The number of aromatic nitrogens is 6. The average Bonchev–Trinajstić information content (AvgIpc) is 3.89. The topological polar surface area (TPSA) is 256 Å². The number of aliphatic hydroxyl groups is 1. The zero-order chi connectivity index (χ0) is 31.6. The number of hydrogen-bond acceptors (Lipinski definition) is 17. The lowest BCUT2D eigenvalue weighted by Crippen LogP contribution is -2.31. The van der Waals surface area contributed by atoms with Crippen LogP contribution in [0.25, 0.3) is 52.0 Å². The Kier molecular flexibility index (Phi) is 7.54. The summed E-state index contributed by atoms with van der Waals surface area (Å²) in [6, 6.07) is -1.05. The van der Waals surface area contributed by atoms with Gasteiger partial charge in [-0.25, -0.2) is 29.9 Å². The van der Waals surface area contributed by atoms with E-state index in [1.165, 1.54) is 32.2 Å². The zero-order valence-electron chi connectivity index (χ0n) is 23.5. The molecule has 46 heavy (non-hydrogen) atoms. The molecule has 12 bridgehead atoms. The molecule has 2 amide bonds. The number of rotatable bonds is 5. The molecule has 0 saturated heterocycles. The standard InChI is InChI=1S/C26H20BN9O10/c1-40-27-28-3-2-11-21-33-17(7-43-21)25-35-16(9-45-25)24-32-14(6-42-24)20(39)30-12(4-37)22-34-18(8-44-22)26-36-15(10-46-26)23-31-13(5-41-23)19(38)29-11/h2,5-10,12,27-28,37H,3-4H2,1H3,(H,29,38)(H,30,39)/b11-2+. The molecule has 0 saturated carbocycles. The normalized spacial score (nSPS) is 15.8. The maximum absolute atomic E-state index is 13.2. The first kappa shape index (κ1) is 28.6. The summed E-state index contributed by atoms with van der Waals surface area (Å²) in [6.45, 7) is -0.277. The largest absolute Gasteiger partial charge is 0.446 e. The molecule has 1 atom stereocenters. The predicted octanol–water partition coefficient (Wildman–Crippen LogP) is 1.33. The van der Waals surface area contributed by atoms with Gasteiger partial charge < -0.3 is 52.1 Å². The van der Waals surface area contributed by atoms with E-state index in [0.717, 1.165) is 12.5 Å². The molecule has 0 spiro atoms. The van der Waals surface area contributed by atoms with Crippen LogP contribution in [0.2, 0.25) is 0 Å². The molecule has 0 aromatic carbocycles. The number of oxazole rings is 6. The molecule has 6 aromatic heterocycles. The van der Waals surface area contributed by atoms with Gasteiger partial charge in [0.05, 0.1) is 6.61 Å². The summed E-state index contributed by atoms with van der Waals surface area (Å²) < 4.78 is 38.1. The van der Waals surface area contributed by atoms with Crippen molar-refractivity contribution in [2.45, 2.75) is 6.04 Å². The molecule has 232 valence electrons. The van der Waals surface area contributed by atoms with E-state index in [9.17, 15) is 14.7 Å². The van der Waals surface area contributed by atoms with Crippen LogP contribution in [-0.2, 0) is 4.65 Å². The predicted molar refractivity (Wildman–Crippen MR) is 150 cm³/mol. The van der Waals surface area contributed by atoms with Gasteiger partial charge in [0.25, 0.3) is 11.8 Å². The Morgan fingerprint density at radius 1 is 0.739 bits per heavy atom. The van der Waals surface area contributed by atoms with Crippen LogP contribution in [0, 0.1) is 0 Å². The minimum Gasteiger partial charge on any atom is -0.446 e. The molecule has 6 aromatic rings. The molecular formula is C26H20BN9O10. The summed E-state index contributed by atoms with van der Waals surface area (Å²) >= 11 is 0. The Morgan fingerprint density at radius 3 is 1.80 bits per heavy atom. The van der Waals surface area contributed by atoms with Gasteiger partial charge in [-0.15, -0.1) is 0 Å². The fourth-order valence-electron chi connectivity index (χ4n) is 4.14. The molecule has 4 N–H and O–H groups in total. The van der Waals surface area contributed by atoms with E-state index >= 15 is 0 Å². The van der Waals surface area contributed by atoms with Crippen LogP contribution in [-0.4, -0.2) is 74.7 Å². The lowest BCUT2D eigenvalue weighted by atomic mass is 10.2. The molecule has 7 rings (SSSR count). The van der Waals surface area contributed by atoms with Gasteiger partial charge in [-0.1, -0.05) is 0 Å². The molecule has 1 aliphatic rings. The van der Waals surface area contributed by atoms with Crippen LogP contribution < -0.4 is 15.9 Å². The van der Waals surface area contributed by atoms with Crippen molar-refractivity contribution in [1.82, 2.24) is 45.8 Å². The van der Waals surface area contributed by atoms with Crippen molar-refractivity contribution >= 4 is 25.1 Å². The van der Waals surface area contributed by atoms with E-state index in [4.69, 9.17) is 31.2 Å². The van der Waals surface area contributed by atoms with Gasteiger partial charge in [0.1, 0.15) is 49.3 Å². The van der Waals surface area contributed by atoms with Crippen LogP contribution in [0.3, 0.4) is 0 Å². The summed E-state index contributed by atoms with van der Waals surface area (Å²) in [5.41, 5.74) is 0.657. The highest BCUT2D eigenvalue weighted by Gasteiger charge is 2.26. The second-order valence-electron chi connectivity index (χ2n) is 9.43. The van der Waals surface area contributed by atoms with Crippen molar-refractivity contribution < 1.29 is 45.9 Å². The third-order valence-corrected chi connectivity index (χ3v) is 6.35. The third kappa shape index (κ3) is 5.61. The van der Waals surface area contributed by atoms with Crippen LogP contribution in [0.5, 0.6) is 0 Å². The molecule has 1 unspecified atom stereocenters. The van der Waals surface area contributed by atoms with E-state index in [1.54, 1.807) is 6.08 Å². The number of nitrogens with zero attached hydrogens (tertiary/aromatic N) is 6. The van der Waals surface area contributed by atoms with Crippen molar-refractivity contribution in [3.8, 4) is 46.3 Å². The summed E-state index contributed by atoms with van der Waals surface area (Å²) in [4.78, 5) is 51.8. The maximum Gasteiger partial charge on any atom is 0.360 e. The zero-order valence-corrected chi connectivity index (χ0v) is 23.5. The first-order valence-electron chi connectivity index (χ1n) is 13.4. The van der Waals surface area contributed by atoms with Crippen LogP contribution in [0.15, 0.2) is 70.2 Å². The van der Waals surface area contributed by atoms with Crippen LogP contribution in [0.4, 0.5) is 0 Å². The van der Waals surface area contributed by atoms with Gasteiger partial charge in [-0.2, -0.15) is 0 Å². The fourth-order valence-corrected chi connectivity index (χ4v) is 4.14. The van der Waals surface area contributed by atoms with E-state index in [0.29, 0.717) is 0 Å². The van der Waals surface area contributed by atoms with E-state index in [1.807, 2.05) is 0 Å². The lowest BCUT2D eigenvalue weighted by molar-refractivity contribution is 0.0899. The summed E-state index contributed by atoms with van der Waals surface area (Å²) in [5.74, 6) is -1.31. The molecular weight excluding hydrogens is 609 g/mol. The molecule has 20 heteroatoms. The number of hydrogen-bond donors (Lipinski definition) is 4. The first-order chi connectivity index (χ1) is 22.5. The minimum absolute atomic E-state index is 0.0174. The van der Waals surface area contributed by atoms with Gasteiger partial charge in [0.2, 0.25) is 35.3 Å². The monoisotopic (exact) mass is 629 g/mol. The lowest BCUT2D eigenvalue weighted by Gasteiger charge is -2.11. The Morgan fingerprint density at radius 2 is 1.22 bits per heavy atom. The van der Waals surface area contributed by atoms with Crippen molar-refractivity contribution in [3.63, 3.8) is 0 Å². The quantitative estimate of drug-likeness (QED) is 0.155. The second kappa shape index (κ2) is 12.1. The van der Waals surface area contributed by atoms with E-state index in [2.05, 4.69) is 45.8 Å². The highest BCUT2D eigenvalue weighted by molar-refractivity contribution is 6.23. The van der Waals surface area contributed by atoms with Gasteiger partial charge in [-0.3, -0.25) is 9.59 Å². The van der Waals surface area contributed by atoms with Crippen molar-refractivity contribution in [3.05, 3.63) is 66.8 Å². The van der Waals surface area contributed by atoms with Gasteiger partial charge >= 0.3 is 7.62 Å². The first-order valence-corrected chi connectivity index (χ1v) is 13.4. The molecule has 0 fully saturated rings.